The lowest BCUT2D eigenvalue weighted by molar-refractivity contribution is -0.117. The van der Waals surface area contributed by atoms with E-state index in [9.17, 15) is 4.79 Å². The minimum Gasteiger partial charge on any atom is -0.369 e. The average molecular weight is 210 g/mol. The van der Waals surface area contributed by atoms with Crippen LogP contribution in [0.15, 0.2) is 18.2 Å². The lowest BCUT2D eigenvalue weighted by Crippen LogP contribution is -2.13. The van der Waals surface area contributed by atoms with Gasteiger partial charge in [-0.1, -0.05) is 12.1 Å². The molecule has 0 aliphatic heterocycles. The van der Waals surface area contributed by atoms with Crippen LogP contribution in [-0.2, 0) is 11.2 Å². The van der Waals surface area contributed by atoms with E-state index in [0.717, 1.165) is 11.1 Å². The van der Waals surface area contributed by atoms with Crippen molar-refractivity contribution in [2.75, 3.05) is 0 Å². The van der Waals surface area contributed by atoms with E-state index in [0.29, 0.717) is 10.8 Å². The van der Waals surface area contributed by atoms with Crippen molar-refractivity contribution in [1.29, 1.82) is 0 Å². The largest absolute Gasteiger partial charge is 0.369 e. The number of hydrogen-bond acceptors (Lipinski definition) is 2. The Hall–Kier alpha value is -1.55. The van der Waals surface area contributed by atoms with Crippen molar-refractivity contribution in [3.8, 4) is 0 Å². The second-order valence-corrected chi connectivity index (χ2v) is 3.34. The van der Waals surface area contributed by atoms with E-state index in [1.165, 1.54) is 0 Å². The number of aromatic amines is 1. The molecule has 0 bridgehead atoms. The van der Waals surface area contributed by atoms with Gasteiger partial charge in [-0.2, -0.15) is 0 Å². The van der Waals surface area contributed by atoms with Crippen molar-refractivity contribution in [2.24, 2.45) is 5.73 Å². The predicted octanol–water partition coefficient (Wildman–Crippen LogP) is 1.24. The first-order valence-electron chi connectivity index (χ1n) is 4.08. The maximum absolute atomic E-state index is 10.8. The molecule has 0 radical (unpaired) electrons. The zero-order valence-electron chi connectivity index (χ0n) is 7.25. The minimum atomic E-state index is -0.378. The summed E-state index contributed by atoms with van der Waals surface area (Å²) in [6.45, 7) is 0. The summed E-state index contributed by atoms with van der Waals surface area (Å²) in [5, 5.41) is 0.317. The molecule has 1 heterocycles. The van der Waals surface area contributed by atoms with Gasteiger partial charge in [-0.25, -0.2) is 4.98 Å². The van der Waals surface area contributed by atoms with Crippen LogP contribution >= 0.6 is 11.6 Å². The van der Waals surface area contributed by atoms with Crippen molar-refractivity contribution in [3.63, 3.8) is 0 Å². The molecule has 0 aliphatic rings. The zero-order chi connectivity index (χ0) is 10.1. The summed E-state index contributed by atoms with van der Waals surface area (Å²) >= 11 is 5.71. The van der Waals surface area contributed by atoms with E-state index in [1.807, 2.05) is 18.2 Å². The Morgan fingerprint density at radius 2 is 2.36 bits per heavy atom. The molecule has 3 N–H and O–H groups in total. The van der Waals surface area contributed by atoms with Gasteiger partial charge in [0.05, 0.1) is 17.5 Å². The highest BCUT2D eigenvalue weighted by molar-refractivity contribution is 6.29. The molecular formula is C9H8ClN3O. The van der Waals surface area contributed by atoms with E-state index in [2.05, 4.69) is 9.97 Å². The lowest BCUT2D eigenvalue weighted by Gasteiger charge is -1.97. The fourth-order valence-corrected chi connectivity index (χ4v) is 1.58. The molecule has 1 amide bonds. The molecule has 0 saturated heterocycles. The quantitative estimate of drug-likeness (QED) is 0.781. The average Bonchev–Trinajstić information content (AvgIpc) is 2.45. The molecule has 5 heteroatoms. The van der Waals surface area contributed by atoms with Gasteiger partial charge in [0.2, 0.25) is 11.2 Å². The van der Waals surface area contributed by atoms with Gasteiger partial charge < -0.3 is 10.7 Å². The summed E-state index contributed by atoms with van der Waals surface area (Å²) in [6.07, 6.45) is 0.179. The Morgan fingerprint density at radius 3 is 3.07 bits per heavy atom. The van der Waals surface area contributed by atoms with Crippen molar-refractivity contribution < 1.29 is 4.79 Å². The van der Waals surface area contributed by atoms with Gasteiger partial charge in [0.15, 0.2) is 0 Å². The summed E-state index contributed by atoms with van der Waals surface area (Å²) < 4.78 is 0. The van der Waals surface area contributed by atoms with Crippen LogP contribution in [0.1, 0.15) is 5.56 Å². The normalized spacial score (nSPS) is 10.6. The summed E-state index contributed by atoms with van der Waals surface area (Å²) in [7, 11) is 0. The number of benzene rings is 1. The monoisotopic (exact) mass is 209 g/mol. The van der Waals surface area contributed by atoms with Gasteiger partial charge in [-0.15, -0.1) is 0 Å². The number of aromatic nitrogens is 2. The maximum atomic E-state index is 10.8. The molecule has 0 unspecified atom stereocenters. The third-order valence-corrected chi connectivity index (χ3v) is 2.11. The van der Waals surface area contributed by atoms with E-state index in [4.69, 9.17) is 17.3 Å². The second-order valence-electron chi connectivity index (χ2n) is 2.98. The van der Waals surface area contributed by atoms with Crippen molar-refractivity contribution in [2.45, 2.75) is 6.42 Å². The number of amides is 1. The topological polar surface area (TPSA) is 71.8 Å². The molecule has 0 atom stereocenters. The van der Waals surface area contributed by atoms with E-state index < -0.39 is 0 Å². The molecule has 0 spiro atoms. The van der Waals surface area contributed by atoms with Gasteiger partial charge in [0.1, 0.15) is 0 Å². The summed E-state index contributed by atoms with van der Waals surface area (Å²) in [6, 6.07) is 5.48. The second kappa shape index (κ2) is 3.31. The molecule has 0 fully saturated rings. The number of fused-ring (bicyclic) bond motifs is 1. The smallest absolute Gasteiger partial charge is 0.221 e. The Bertz CT molecular complexity index is 492. The number of hydrogen-bond donors (Lipinski definition) is 2. The van der Waals surface area contributed by atoms with Crippen LogP contribution in [0.4, 0.5) is 0 Å². The van der Waals surface area contributed by atoms with Gasteiger partial charge in [-0.05, 0) is 23.2 Å². The lowest BCUT2D eigenvalue weighted by atomic mass is 10.1. The van der Waals surface area contributed by atoms with Crippen LogP contribution in [0.3, 0.4) is 0 Å². The first-order valence-corrected chi connectivity index (χ1v) is 4.46. The zero-order valence-corrected chi connectivity index (χ0v) is 8.01. The number of imidazole rings is 1. The number of carbonyl (C=O) groups excluding carboxylic acids is 1. The summed E-state index contributed by atoms with van der Waals surface area (Å²) in [4.78, 5) is 17.7. The van der Waals surface area contributed by atoms with Crippen LogP contribution in [0.5, 0.6) is 0 Å². The third-order valence-electron chi connectivity index (χ3n) is 1.93. The van der Waals surface area contributed by atoms with Crippen LogP contribution in [0.25, 0.3) is 11.0 Å². The highest BCUT2D eigenvalue weighted by atomic mass is 35.5. The molecule has 0 saturated carbocycles. The molecule has 0 aliphatic carbocycles. The molecule has 1 aromatic carbocycles. The number of primary amides is 1. The first kappa shape index (κ1) is 9.02. The predicted molar refractivity (Wildman–Crippen MR) is 54.0 cm³/mol. The highest BCUT2D eigenvalue weighted by Gasteiger charge is 2.07. The number of rotatable bonds is 2. The Kier molecular flexibility index (Phi) is 2.13. The first-order chi connectivity index (χ1) is 6.66. The number of nitrogens with one attached hydrogen (secondary N) is 1. The third kappa shape index (κ3) is 1.56. The molecular weight excluding hydrogens is 202 g/mol. The van der Waals surface area contributed by atoms with Gasteiger partial charge in [0.25, 0.3) is 0 Å². The highest BCUT2D eigenvalue weighted by Crippen LogP contribution is 2.18. The van der Waals surface area contributed by atoms with Crippen molar-refractivity contribution >= 4 is 28.5 Å². The number of para-hydroxylation sites is 1. The van der Waals surface area contributed by atoms with E-state index >= 15 is 0 Å². The Labute approximate surface area is 85.1 Å². The molecule has 14 heavy (non-hydrogen) atoms. The Balaban J connectivity index is 2.58. The number of carbonyl (C=O) groups is 1. The molecule has 2 rings (SSSR count). The molecule has 1 aromatic heterocycles. The molecule has 4 nitrogen and oxygen atoms in total. The molecule has 2 aromatic rings. The van der Waals surface area contributed by atoms with Crippen LogP contribution in [-0.4, -0.2) is 15.9 Å². The van der Waals surface area contributed by atoms with Crippen molar-refractivity contribution in [3.05, 3.63) is 29.0 Å². The Morgan fingerprint density at radius 1 is 1.57 bits per heavy atom. The van der Waals surface area contributed by atoms with Crippen molar-refractivity contribution in [1.82, 2.24) is 9.97 Å². The molecule has 72 valence electrons. The number of halogens is 1. The fraction of sp³-hybridized carbons (Fsp3) is 0.111. The van der Waals surface area contributed by atoms with Crippen LogP contribution < -0.4 is 5.73 Å². The van der Waals surface area contributed by atoms with Gasteiger partial charge in [-0.3, -0.25) is 4.79 Å². The standard InChI is InChI=1S/C9H8ClN3O/c10-9-12-6-3-1-2-5(4-7(11)14)8(6)13-9/h1-3H,4H2,(H2,11,14)(H,12,13). The van der Waals surface area contributed by atoms with Gasteiger partial charge >= 0.3 is 0 Å². The number of H-pyrrole nitrogens is 1. The SMILES string of the molecule is NC(=O)Cc1cccc2[nH]c(Cl)nc12. The van der Waals surface area contributed by atoms with Crippen LogP contribution in [0.2, 0.25) is 5.28 Å². The summed E-state index contributed by atoms with van der Waals surface area (Å²) in [5.41, 5.74) is 7.42. The number of nitrogens with two attached hydrogens (primary N) is 1. The van der Waals surface area contributed by atoms with E-state index in [1.54, 1.807) is 0 Å². The van der Waals surface area contributed by atoms with E-state index in [-0.39, 0.29) is 12.3 Å². The van der Waals surface area contributed by atoms with Crippen LogP contribution in [0, 0.1) is 0 Å². The summed E-state index contributed by atoms with van der Waals surface area (Å²) in [5.74, 6) is -0.378. The fourth-order valence-electron chi connectivity index (χ4n) is 1.39. The van der Waals surface area contributed by atoms with Gasteiger partial charge in [0, 0.05) is 0 Å². The maximum Gasteiger partial charge on any atom is 0.221 e. The minimum absolute atomic E-state index is 0.179. The number of nitrogens with zero attached hydrogens (tertiary/aromatic N) is 1.